The lowest BCUT2D eigenvalue weighted by Gasteiger charge is -2.14. The molecule has 3 N–H and O–H groups in total. The van der Waals surface area contributed by atoms with Crippen molar-refractivity contribution >= 4 is 55.3 Å². The van der Waals surface area contributed by atoms with E-state index >= 15 is 0 Å². The number of thiazole rings is 1. The predicted octanol–water partition coefficient (Wildman–Crippen LogP) is 5.25. The molecule has 0 amide bonds. The summed E-state index contributed by atoms with van der Waals surface area (Å²) < 4.78 is 60.0. The van der Waals surface area contributed by atoms with Crippen LogP contribution in [0.25, 0.3) is 21.7 Å². The maximum Gasteiger partial charge on any atom is 0.295 e. The Morgan fingerprint density at radius 1 is 1.07 bits per heavy atom. The molecule has 0 saturated heterocycles. The molecule has 0 bridgehead atoms. The van der Waals surface area contributed by atoms with Crippen molar-refractivity contribution in [1.29, 1.82) is 0 Å². The van der Waals surface area contributed by atoms with Crippen LogP contribution in [0.1, 0.15) is 28.5 Å². The molecule has 208 valence electrons. The van der Waals surface area contributed by atoms with Gasteiger partial charge in [0.15, 0.2) is 27.1 Å². The minimum atomic E-state index is -3.70. The van der Waals surface area contributed by atoms with Crippen molar-refractivity contribution in [2.24, 2.45) is 0 Å². The summed E-state index contributed by atoms with van der Waals surface area (Å²) in [6, 6.07) is 8.33. The average Bonchev–Trinajstić information content (AvgIpc) is 3.60. The molecule has 11 nitrogen and oxygen atoms in total. The van der Waals surface area contributed by atoms with E-state index in [0.717, 1.165) is 22.5 Å². The van der Waals surface area contributed by atoms with Crippen LogP contribution in [0.5, 0.6) is 0 Å². The lowest BCUT2D eigenvalue weighted by Crippen LogP contribution is -2.16. The average molecular weight is 587 g/mol. The largest absolute Gasteiger partial charge is 0.373 e. The Morgan fingerprint density at radius 2 is 1.90 bits per heavy atom. The maximum atomic E-state index is 13.5. The molecule has 5 heterocycles. The molecule has 0 unspecified atom stereocenters. The molecule has 1 aliphatic heterocycles. The number of aryl methyl sites for hydroxylation is 2. The Bertz CT molecular complexity index is 1820. The fourth-order valence-corrected chi connectivity index (χ4v) is 6.13. The molecular weight excluding hydrogens is 562 g/mol. The highest BCUT2D eigenvalue weighted by atomic mass is 32.2. The van der Waals surface area contributed by atoms with Crippen LogP contribution in [0.15, 0.2) is 35.2 Å². The van der Waals surface area contributed by atoms with Crippen molar-refractivity contribution in [3.8, 4) is 10.6 Å². The second-order valence-corrected chi connectivity index (χ2v) is 12.6. The van der Waals surface area contributed by atoms with E-state index in [4.69, 9.17) is 4.74 Å². The SMILES string of the molecule is Cc1nc(-c2ccc(Nc3cc(Nc4cc5n(n4)CCOC5)nc4[nH]c(C(F)F)nc34)c(S(C)(=O)=O)c2)sc1C. The third-order valence-corrected chi connectivity index (χ3v) is 8.68. The fourth-order valence-electron chi connectivity index (χ4n) is 4.36. The van der Waals surface area contributed by atoms with Crippen molar-refractivity contribution in [3.63, 3.8) is 0 Å². The van der Waals surface area contributed by atoms with E-state index in [-0.39, 0.29) is 27.4 Å². The van der Waals surface area contributed by atoms with Gasteiger partial charge in [0.25, 0.3) is 6.43 Å². The number of H-pyrrole nitrogens is 1. The van der Waals surface area contributed by atoms with Gasteiger partial charge in [-0.1, -0.05) is 0 Å². The summed E-state index contributed by atoms with van der Waals surface area (Å²) in [4.78, 5) is 16.6. The minimum Gasteiger partial charge on any atom is -0.373 e. The Hall–Kier alpha value is -3.95. The third-order valence-electron chi connectivity index (χ3n) is 6.42. The second kappa shape index (κ2) is 9.91. The number of rotatable bonds is 7. The summed E-state index contributed by atoms with van der Waals surface area (Å²) in [7, 11) is -3.70. The molecule has 4 aromatic heterocycles. The van der Waals surface area contributed by atoms with Gasteiger partial charge in [-0.2, -0.15) is 5.10 Å². The highest BCUT2D eigenvalue weighted by molar-refractivity contribution is 7.90. The van der Waals surface area contributed by atoms with Crippen LogP contribution in [0, 0.1) is 13.8 Å². The normalized spacial score (nSPS) is 13.7. The van der Waals surface area contributed by atoms with E-state index in [1.54, 1.807) is 24.3 Å². The lowest BCUT2D eigenvalue weighted by atomic mass is 10.2. The number of aromatic amines is 1. The molecule has 1 aliphatic rings. The first-order valence-electron chi connectivity index (χ1n) is 12.2. The van der Waals surface area contributed by atoms with E-state index in [0.29, 0.717) is 42.0 Å². The Kier molecular flexibility index (Phi) is 6.51. The molecule has 15 heteroatoms. The molecule has 40 heavy (non-hydrogen) atoms. The van der Waals surface area contributed by atoms with Gasteiger partial charge < -0.3 is 20.4 Å². The second-order valence-electron chi connectivity index (χ2n) is 9.37. The molecular formula is C25H24F2N8O3S2. The van der Waals surface area contributed by atoms with E-state index < -0.39 is 22.1 Å². The number of nitrogens with zero attached hydrogens (tertiary/aromatic N) is 5. The van der Waals surface area contributed by atoms with E-state index in [1.807, 2.05) is 24.6 Å². The van der Waals surface area contributed by atoms with Crippen molar-refractivity contribution in [1.82, 2.24) is 29.7 Å². The van der Waals surface area contributed by atoms with E-state index in [1.165, 1.54) is 11.3 Å². The van der Waals surface area contributed by atoms with Crippen molar-refractivity contribution in [2.45, 2.75) is 38.3 Å². The fraction of sp³-hybridized carbons (Fsp3) is 0.280. The van der Waals surface area contributed by atoms with Crippen LogP contribution in [0.4, 0.5) is 31.8 Å². The minimum absolute atomic E-state index is 0.0290. The van der Waals surface area contributed by atoms with Gasteiger partial charge in [0.2, 0.25) is 0 Å². The van der Waals surface area contributed by atoms with Gasteiger partial charge in [0.05, 0.1) is 47.4 Å². The number of nitrogens with one attached hydrogen (secondary N) is 3. The van der Waals surface area contributed by atoms with Gasteiger partial charge in [0, 0.05) is 28.8 Å². The number of ether oxygens (including phenoxy) is 1. The predicted molar refractivity (Wildman–Crippen MR) is 147 cm³/mol. The zero-order chi connectivity index (χ0) is 28.2. The zero-order valence-corrected chi connectivity index (χ0v) is 23.3. The molecule has 0 atom stereocenters. The van der Waals surface area contributed by atoms with Crippen LogP contribution < -0.4 is 10.6 Å². The van der Waals surface area contributed by atoms with Crippen molar-refractivity contribution in [3.05, 3.63) is 52.4 Å². The Morgan fingerprint density at radius 3 is 2.60 bits per heavy atom. The maximum absolute atomic E-state index is 13.5. The first-order valence-corrected chi connectivity index (χ1v) is 14.9. The van der Waals surface area contributed by atoms with Crippen molar-refractivity contribution < 1.29 is 21.9 Å². The first-order chi connectivity index (χ1) is 19.0. The molecule has 5 aromatic rings. The first kappa shape index (κ1) is 26.3. The quantitative estimate of drug-likeness (QED) is 0.233. The standard InChI is InChI=1S/C25H24F2N8O3S2/c1-12-13(2)39-25(28-12)14-4-5-16(18(8-14)40(3,36)37)29-17-10-19(31-23-21(17)32-24(33-23)22(26)27)30-20-9-15-11-38-7-6-35(15)34-20/h4-5,8-10,22H,6-7,11H2,1-3H3,(H3,29,30,31,32,33,34). The molecule has 0 aliphatic carbocycles. The van der Waals surface area contributed by atoms with Crippen LogP contribution in [-0.4, -0.2) is 51.0 Å². The number of alkyl halides is 2. The molecule has 0 spiro atoms. The number of hydrogen-bond donors (Lipinski definition) is 3. The van der Waals surface area contributed by atoms with Gasteiger partial charge in [-0.3, -0.25) is 4.68 Å². The number of pyridine rings is 1. The Labute approximate surface area is 231 Å². The summed E-state index contributed by atoms with van der Waals surface area (Å²) in [6.45, 7) is 5.44. The summed E-state index contributed by atoms with van der Waals surface area (Å²) in [5.74, 6) is 0.245. The topological polar surface area (TPSA) is 140 Å². The molecule has 6 rings (SSSR count). The van der Waals surface area contributed by atoms with Gasteiger partial charge in [-0.15, -0.1) is 11.3 Å². The number of anilines is 4. The smallest absolute Gasteiger partial charge is 0.295 e. The monoisotopic (exact) mass is 586 g/mol. The van der Waals surface area contributed by atoms with Gasteiger partial charge >= 0.3 is 0 Å². The summed E-state index contributed by atoms with van der Waals surface area (Å²) in [5, 5.41) is 11.4. The highest BCUT2D eigenvalue weighted by Gasteiger charge is 2.21. The lowest BCUT2D eigenvalue weighted by molar-refractivity contribution is 0.0801. The molecule has 0 saturated carbocycles. The van der Waals surface area contributed by atoms with Crippen LogP contribution in [0.2, 0.25) is 0 Å². The third kappa shape index (κ3) is 5.02. The molecule has 0 fully saturated rings. The zero-order valence-electron chi connectivity index (χ0n) is 21.6. The molecule has 0 radical (unpaired) electrons. The van der Waals surface area contributed by atoms with Gasteiger partial charge in [-0.25, -0.2) is 32.2 Å². The summed E-state index contributed by atoms with van der Waals surface area (Å²) in [6.07, 6.45) is -1.74. The number of aromatic nitrogens is 6. The highest BCUT2D eigenvalue weighted by Crippen LogP contribution is 2.36. The number of halogens is 2. The van der Waals surface area contributed by atoms with Gasteiger partial charge in [0.1, 0.15) is 16.3 Å². The Balaban J connectivity index is 1.42. The summed E-state index contributed by atoms with van der Waals surface area (Å²) >= 11 is 1.47. The van der Waals surface area contributed by atoms with Crippen LogP contribution in [0.3, 0.4) is 0 Å². The number of hydrogen-bond acceptors (Lipinski definition) is 10. The summed E-state index contributed by atoms with van der Waals surface area (Å²) in [5.41, 5.74) is 3.18. The van der Waals surface area contributed by atoms with E-state index in [9.17, 15) is 17.2 Å². The number of imidazole rings is 1. The van der Waals surface area contributed by atoms with Crippen molar-refractivity contribution in [2.75, 3.05) is 23.5 Å². The number of fused-ring (bicyclic) bond motifs is 2. The molecule has 1 aromatic carbocycles. The van der Waals surface area contributed by atoms with Crippen LogP contribution >= 0.6 is 11.3 Å². The van der Waals surface area contributed by atoms with Gasteiger partial charge in [-0.05, 0) is 32.0 Å². The van der Waals surface area contributed by atoms with E-state index in [2.05, 4.69) is 35.7 Å². The number of benzene rings is 1. The van der Waals surface area contributed by atoms with Crippen LogP contribution in [-0.2, 0) is 27.7 Å². The number of sulfone groups is 1.